The van der Waals surface area contributed by atoms with E-state index in [9.17, 15) is 4.79 Å². The number of nitrogens with two attached hydrogens (primary N) is 1. The first-order valence-corrected chi connectivity index (χ1v) is 8.16. The number of benzene rings is 1. The molecule has 112 valence electrons. The first kappa shape index (κ1) is 17.2. The van der Waals surface area contributed by atoms with Crippen LogP contribution in [-0.2, 0) is 11.3 Å². The Bertz CT molecular complexity index is 403. The minimum absolute atomic E-state index is 0.124. The van der Waals surface area contributed by atoms with Gasteiger partial charge in [0.05, 0.1) is 0 Å². The van der Waals surface area contributed by atoms with Gasteiger partial charge >= 0.3 is 0 Å². The van der Waals surface area contributed by atoms with E-state index >= 15 is 0 Å². The van der Waals surface area contributed by atoms with Crippen LogP contribution in [0.2, 0.25) is 0 Å². The van der Waals surface area contributed by atoms with Gasteiger partial charge in [-0.15, -0.1) is 0 Å². The van der Waals surface area contributed by atoms with Gasteiger partial charge in [0.1, 0.15) is 0 Å². The molecule has 0 aliphatic rings. The molecule has 3 nitrogen and oxygen atoms in total. The average Bonchev–Trinajstić information content (AvgIpc) is 2.44. The molecule has 1 rings (SSSR count). The van der Waals surface area contributed by atoms with E-state index in [0.717, 1.165) is 35.7 Å². The standard InChI is InChI=1S/C16H25BrN2O/c1-2-5-13(10-11-18)8-9-16(20)19-12-14-6-3-4-7-15(14)17/h3-4,6-7,13H,2,5,8-12,18H2,1H3,(H,19,20). The quantitative estimate of drug-likeness (QED) is 0.721. The van der Waals surface area contributed by atoms with Crippen molar-refractivity contribution < 1.29 is 4.79 Å². The third-order valence-electron chi connectivity index (χ3n) is 3.49. The van der Waals surface area contributed by atoms with Crippen molar-refractivity contribution in [1.82, 2.24) is 5.32 Å². The van der Waals surface area contributed by atoms with Gasteiger partial charge in [0, 0.05) is 17.4 Å². The number of halogens is 1. The van der Waals surface area contributed by atoms with Crippen molar-refractivity contribution in [3.05, 3.63) is 34.3 Å². The number of hydrogen-bond acceptors (Lipinski definition) is 2. The molecule has 3 N–H and O–H groups in total. The molecule has 0 aliphatic heterocycles. The third kappa shape index (κ3) is 6.53. The van der Waals surface area contributed by atoms with Crippen LogP contribution in [0.3, 0.4) is 0 Å². The highest BCUT2D eigenvalue weighted by Gasteiger charge is 2.10. The summed E-state index contributed by atoms with van der Waals surface area (Å²) in [6, 6.07) is 7.95. The second-order valence-corrected chi connectivity index (χ2v) is 5.99. The van der Waals surface area contributed by atoms with Crippen LogP contribution in [0.1, 0.15) is 44.6 Å². The molecule has 0 radical (unpaired) electrons. The van der Waals surface area contributed by atoms with Gasteiger partial charge in [-0.05, 0) is 36.9 Å². The molecule has 1 aromatic rings. The van der Waals surface area contributed by atoms with Crippen molar-refractivity contribution in [2.24, 2.45) is 11.7 Å². The fraction of sp³-hybridized carbons (Fsp3) is 0.562. The Hall–Kier alpha value is -0.870. The zero-order valence-electron chi connectivity index (χ0n) is 12.2. The predicted octanol–water partition coefficient (Wildman–Crippen LogP) is 3.61. The van der Waals surface area contributed by atoms with E-state index in [0.29, 0.717) is 25.4 Å². The van der Waals surface area contributed by atoms with Crippen molar-refractivity contribution in [1.29, 1.82) is 0 Å². The van der Waals surface area contributed by atoms with Gasteiger partial charge in [0.2, 0.25) is 5.91 Å². The summed E-state index contributed by atoms with van der Waals surface area (Å²) in [4.78, 5) is 11.9. The van der Waals surface area contributed by atoms with E-state index < -0.39 is 0 Å². The van der Waals surface area contributed by atoms with E-state index in [1.807, 2.05) is 24.3 Å². The molecule has 20 heavy (non-hydrogen) atoms. The van der Waals surface area contributed by atoms with Crippen molar-refractivity contribution in [3.63, 3.8) is 0 Å². The summed E-state index contributed by atoms with van der Waals surface area (Å²) in [7, 11) is 0. The minimum atomic E-state index is 0.124. The molecular weight excluding hydrogens is 316 g/mol. The summed E-state index contributed by atoms with van der Waals surface area (Å²) in [5.74, 6) is 0.707. The van der Waals surface area contributed by atoms with Gasteiger partial charge in [0.15, 0.2) is 0 Å². The van der Waals surface area contributed by atoms with Crippen LogP contribution in [0.15, 0.2) is 28.7 Å². The Balaban J connectivity index is 2.31. The maximum Gasteiger partial charge on any atom is 0.220 e. The Morgan fingerprint density at radius 3 is 2.70 bits per heavy atom. The van der Waals surface area contributed by atoms with Crippen molar-refractivity contribution >= 4 is 21.8 Å². The molecule has 0 heterocycles. The molecule has 0 bridgehead atoms. The van der Waals surface area contributed by atoms with Gasteiger partial charge in [-0.25, -0.2) is 0 Å². The molecule has 4 heteroatoms. The van der Waals surface area contributed by atoms with E-state index in [4.69, 9.17) is 5.73 Å². The van der Waals surface area contributed by atoms with E-state index in [2.05, 4.69) is 28.2 Å². The maximum atomic E-state index is 11.9. The normalized spacial score (nSPS) is 12.2. The number of carbonyl (C=O) groups excluding carboxylic acids is 1. The SMILES string of the molecule is CCCC(CCN)CCC(=O)NCc1ccccc1Br. The van der Waals surface area contributed by atoms with Crippen LogP contribution in [0.4, 0.5) is 0 Å². The Morgan fingerprint density at radius 1 is 1.30 bits per heavy atom. The van der Waals surface area contributed by atoms with Crippen molar-refractivity contribution in [2.75, 3.05) is 6.54 Å². The molecule has 1 aromatic carbocycles. The largest absolute Gasteiger partial charge is 0.352 e. The zero-order chi connectivity index (χ0) is 14.8. The lowest BCUT2D eigenvalue weighted by Crippen LogP contribution is -2.23. The lowest BCUT2D eigenvalue weighted by Gasteiger charge is -2.14. The van der Waals surface area contributed by atoms with Crippen molar-refractivity contribution in [2.45, 2.75) is 45.6 Å². The Morgan fingerprint density at radius 2 is 2.05 bits per heavy atom. The predicted molar refractivity (Wildman–Crippen MR) is 87.3 cm³/mol. The Kier molecular flexibility index (Phi) is 8.54. The van der Waals surface area contributed by atoms with Gasteiger partial charge in [0.25, 0.3) is 0 Å². The van der Waals surface area contributed by atoms with Gasteiger partial charge in [-0.2, -0.15) is 0 Å². The van der Waals surface area contributed by atoms with Gasteiger partial charge in [-0.3, -0.25) is 4.79 Å². The van der Waals surface area contributed by atoms with Crippen LogP contribution in [0, 0.1) is 5.92 Å². The van der Waals surface area contributed by atoms with Gasteiger partial charge < -0.3 is 11.1 Å². The molecule has 1 amide bonds. The highest BCUT2D eigenvalue weighted by atomic mass is 79.9. The Labute approximate surface area is 130 Å². The fourth-order valence-electron chi connectivity index (χ4n) is 2.34. The number of amides is 1. The summed E-state index contributed by atoms with van der Waals surface area (Å²) in [6.07, 6.45) is 4.87. The van der Waals surface area contributed by atoms with Crippen LogP contribution in [0.5, 0.6) is 0 Å². The highest BCUT2D eigenvalue weighted by Crippen LogP contribution is 2.18. The lowest BCUT2D eigenvalue weighted by atomic mass is 9.94. The zero-order valence-corrected chi connectivity index (χ0v) is 13.8. The third-order valence-corrected chi connectivity index (χ3v) is 4.26. The number of carbonyl (C=O) groups is 1. The van der Waals surface area contributed by atoms with Crippen molar-refractivity contribution in [3.8, 4) is 0 Å². The molecular formula is C16H25BrN2O. The molecule has 1 atom stereocenters. The summed E-state index contributed by atoms with van der Waals surface area (Å²) < 4.78 is 1.03. The number of hydrogen-bond donors (Lipinski definition) is 2. The molecule has 0 aliphatic carbocycles. The van der Waals surface area contributed by atoms with Gasteiger partial charge in [-0.1, -0.05) is 53.9 Å². The summed E-state index contributed by atoms with van der Waals surface area (Å²) >= 11 is 3.48. The smallest absolute Gasteiger partial charge is 0.220 e. The van der Waals surface area contributed by atoms with Crippen LogP contribution >= 0.6 is 15.9 Å². The van der Waals surface area contributed by atoms with Crippen LogP contribution in [0.25, 0.3) is 0 Å². The van der Waals surface area contributed by atoms with E-state index in [-0.39, 0.29) is 5.91 Å². The van der Waals surface area contributed by atoms with E-state index in [1.165, 1.54) is 0 Å². The highest BCUT2D eigenvalue weighted by molar-refractivity contribution is 9.10. The molecule has 1 unspecified atom stereocenters. The summed E-state index contributed by atoms with van der Waals surface area (Å²) in [5.41, 5.74) is 6.72. The summed E-state index contributed by atoms with van der Waals surface area (Å²) in [5, 5.41) is 2.98. The second kappa shape index (κ2) is 9.94. The van der Waals surface area contributed by atoms with Crippen LogP contribution in [-0.4, -0.2) is 12.5 Å². The molecule has 0 saturated carbocycles. The number of rotatable bonds is 9. The molecule has 0 saturated heterocycles. The summed E-state index contributed by atoms with van der Waals surface area (Å²) in [6.45, 7) is 3.47. The minimum Gasteiger partial charge on any atom is -0.352 e. The molecule has 0 aromatic heterocycles. The average molecular weight is 341 g/mol. The second-order valence-electron chi connectivity index (χ2n) is 5.14. The topological polar surface area (TPSA) is 55.1 Å². The number of nitrogens with one attached hydrogen (secondary N) is 1. The maximum absolute atomic E-state index is 11.9. The fourth-order valence-corrected chi connectivity index (χ4v) is 2.76. The first-order chi connectivity index (χ1) is 9.67. The molecule has 0 spiro atoms. The van der Waals surface area contributed by atoms with Crippen LogP contribution < -0.4 is 11.1 Å². The monoisotopic (exact) mass is 340 g/mol. The van der Waals surface area contributed by atoms with E-state index in [1.54, 1.807) is 0 Å². The lowest BCUT2D eigenvalue weighted by molar-refractivity contribution is -0.121. The molecule has 0 fully saturated rings. The first-order valence-electron chi connectivity index (χ1n) is 7.37.